The first kappa shape index (κ1) is 13.3. The maximum atomic E-state index is 11.5. The maximum Gasteiger partial charge on any atom is 0.343 e. The van der Waals surface area contributed by atoms with E-state index in [4.69, 9.17) is 4.52 Å². The third-order valence-electron chi connectivity index (χ3n) is 2.86. The summed E-state index contributed by atoms with van der Waals surface area (Å²) in [6.07, 6.45) is 0. The first-order valence-corrected chi connectivity index (χ1v) is 7.09. The number of carboxylic acid groups (broad SMARTS) is 1. The summed E-state index contributed by atoms with van der Waals surface area (Å²) in [5.41, 5.74) is 3.23. The third-order valence-corrected chi connectivity index (χ3v) is 3.50. The molecule has 6 nitrogen and oxygen atoms in total. The molecular formula is C14H11N3O3S. The topological polar surface area (TPSA) is 88.2 Å². The first-order chi connectivity index (χ1) is 10.3. The molecule has 0 fully saturated rings. The normalized spacial score (nSPS) is 10.5. The fourth-order valence-corrected chi connectivity index (χ4v) is 2.45. The molecule has 21 heavy (non-hydrogen) atoms. The van der Waals surface area contributed by atoms with Crippen molar-refractivity contribution in [3.05, 3.63) is 52.5 Å². The second-order valence-electron chi connectivity index (χ2n) is 4.24. The predicted molar refractivity (Wildman–Crippen MR) is 78.3 cm³/mol. The van der Waals surface area contributed by atoms with Gasteiger partial charge in [-0.3, -0.25) is 0 Å². The molecule has 3 aromatic rings. The summed E-state index contributed by atoms with van der Waals surface area (Å²) in [6, 6.07) is 9.02. The molecule has 0 radical (unpaired) electrons. The van der Waals surface area contributed by atoms with Crippen molar-refractivity contribution in [3.63, 3.8) is 0 Å². The molecule has 2 N–H and O–H groups in total. The molecule has 0 atom stereocenters. The smallest absolute Gasteiger partial charge is 0.343 e. The van der Waals surface area contributed by atoms with E-state index in [0.29, 0.717) is 12.1 Å². The Hall–Kier alpha value is -2.67. The van der Waals surface area contributed by atoms with Crippen molar-refractivity contribution in [2.24, 2.45) is 0 Å². The molecule has 106 valence electrons. The van der Waals surface area contributed by atoms with Gasteiger partial charge in [0, 0.05) is 10.9 Å². The van der Waals surface area contributed by atoms with Gasteiger partial charge in [-0.1, -0.05) is 35.5 Å². The highest BCUT2D eigenvalue weighted by Crippen LogP contribution is 2.29. The van der Waals surface area contributed by atoms with E-state index < -0.39 is 5.97 Å². The number of anilines is 1. The summed E-state index contributed by atoms with van der Waals surface area (Å²) >= 11 is 1.48. The standard InChI is InChI=1S/C14H11N3O3S/c18-14(19)11-12(9-4-2-1-3-5-9)20-17-13(11)15-6-10-7-21-8-16-10/h1-5,7-8H,6H2,(H,15,17)(H,18,19). The number of thiazole rings is 1. The molecule has 0 amide bonds. The van der Waals surface area contributed by atoms with E-state index in [1.54, 1.807) is 17.6 Å². The number of carbonyl (C=O) groups is 1. The monoisotopic (exact) mass is 301 g/mol. The minimum atomic E-state index is -1.09. The molecule has 2 aromatic heterocycles. The van der Waals surface area contributed by atoms with Crippen LogP contribution < -0.4 is 5.32 Å². The lowest BCUT2D eigenvalue weighted by molar-refractivity contribution is 0.0698. The van der Waals surface area contributed by atoms with E-state index in [1.165, 1.54) is 11.3 Å². The number of nitrogens with one attached hydrogen (secondary N) is 1. The molecule has 0 spiro atoms. The molecule has 1 aromatic carbocycles. The quantitative estimate of drug-likeness (QED) is 0.752. The van der Waals surface area contributed by atoms with Gasteiger partial charge in [0.25, 0.3) is 0 Å². The molecule has 0 aliphatic heterocycles. The summed E-state index contributed by atoms with van der Waals surface area (Å²) in [5, 5.41) is 18.0. The zero-order chi connectivity index (χ0) is 14.7. The van der Waals surface area contributed by atoms with Gasteiger partial charge in [0.05, 0.1) is 17.7 Å². The van der Waals surface area contributed by atoms with Crippen LogP contribution in [0.4, 0.5) is 5.82 Å². The summed E-state index contributed by atoms with van der Waals surface area (Å²) in [7, 11) is 0. The number of nitrogens with zero attached hydrogens (tertiary/aromatic N) is 2. The van der Waals surface area contributed by atoms with Gasteiger partial charge in [0.2, 0.25) is 0 Å². The second-order valence-corrected chi connectivity index (χ2v) is 4.96. The van der Waals surface area contributed by atoms with E-state index >= 15 is 0 Å². The average Bonchev–Trinajstić information content (AvgIpc) is 3.15. The molecule has 0 bridgehead atoms. The Balaban J connectivity index is 1.91. The van der Waals surface area contributed by atoms with Gasteiger partial charge < -0.3 is 14.9 Å². The lowest BCUT2D eigenvalue weighted by Gasteiger charge is -2.01. The Kier molecular flexibility index (Phi) is 3.65. The van der Waals surface area contributed by atoms with E-state index in [9.17, 15) is 9.90 Å². The van der Waals surface area contributed by atoms with Crippen LogP contribution in [0, 0.1) is 0 Å². The van der Waals surface area contributed by atoms with Gasteiger partial charge in [0.15, 0.2) is 17.1 Å². The van der Waals surface area contributed by atoms with Crippen LogP contribution >= 0.6 is 11.3 Å². The highest BCUT2D eigenvalue weighted by molar-refractivity contribution is 7.07. The lowest BCUT2D eigenvalue weighted by Crippen LogP contribution is -2.06. The van der Waals surface area contributed by atoms with Crippen LogP contribution in [0.15, 0.2) is 45.7 Å². The number of benzene rings is 1. The number of aromatic carboxylic acids is 1. The summed E-state index contributed by atoms with van der Waals surface area (Å²) in [6.45, 7) is 0.393. The Morgan fingerprint density at radius 1 is 1.33 bits per heavy atom. The maximum absolute atomic E-state index is 11.5. The molecule has 3 rings (SSSR count). The minimum absolute atomic E-state index is 0.0245. The predicted octanol–water partition coefficient (Wildman–Crippen LogP) is 3.11. The summed E-state index contributed by atoms with van der Waals surface area (Å²) in [5.74, 6) is -0.644. The fraction of sp³-hybridized carbons (Fsp3) is 0.0714. The van der Waals surface area contributed by atoms with E-state index in [2.05, 4.69) is 15.5 Å². The van der Waals surface area contributed by atoms with Crippen molar-refractivity contribution in [2.45, 2.75) is 6.54 Å². The molecule has 0 saturated heterocycles. The van der Waals surface area contributed by atoms with Crippen molar-refractivity contribution in [1.29, 1.82) is 0 Å². The van der Waals surface area contributed by atoms with Crippen molar-refractivity contribution < 1.29 is 14.4 Å². The zero-order valence-electron chi connectivity index (χ0n) is 10.8. The Bertz CT molecular complexity index is 738. The van der Waals surface area contributed by atoms with Crippen LogP contribution in [-0.4, -0.2) is 21.2 Å². The number of hydrogen-bond acceptors (Lipinski definition) is 6. The van der Waals surface area contributed by atoms with Gasteiger partial charge in [-0.25, -0.2) is 9.78 Å². The molecule has 2 heterocycles. The second kappa shape index (κ2) is 5.76. The summed E-state index contributed by atoms with van der Waals surface area (Å²) < 4.78 is 5.20. The van der Waals surface area contributed by atoms with Crippen LogP contribution in [0.25, 0.3) is 11.3 Å². The van der Waals surface area contributed by atoms with Crippen LogP contribution in [0.5, 0.6) is 0 Å². The van der Waals surface area contributed by atoms with Crippen LogP contribution in [-0.2, 0) is 6.54 Å². The summed E-state index contributed by atoms with van der Waals surface area (Å²) in [4.78, 5) is 15.6. The largest absolute Gasteiger partial charge is 0.477 e. The molecule has 0 unspecified atom stereocenters. The van der Waals surface area contributed by atoms with Crippen molar-refractivity contribution in [1.82, 2.24) is 10.1 Å². The van der Waals surface area contributed by atoms with Gasteiger partial charge in [-0.2, -0.15) is 0 Å². The van der Waals surface area contributed by atoms with Gasteiger partial charge in [0.1, 0.15) is 0 Å². The first-order valence-electron chi connectivity index (χ1n) is 6.15. The number of rotatable bonds is 5. The Morgan fingerprint density at radius 3 is 2.81 bits per heavy atom. The van der Waals surface area contributed by atoms with Crippen LogP contribution in [0.3, 0.4) is 0 Å². The van der Waals surface area contributed by atoms with E-state index in [0.717, 1.165) is 5.69 Å². The highest BCUT2D eigenvalue weighted by atomic mass is 32.1. The Labute approximate surface area is 124 Å². The number of carboxylic acids is 1. The van der Waals surface area contributed by atoms with Gasteiger partial charge in [-0.15, -0.1) is 11.3 Å². The SMILES string of the molecule is O=C(O)c1c(NCc2cscn2)noc1-c1ccccc1. The third kappa shape index (κ3) is 2.77. The van der Waals surface area contributed by atoms with Gasteiger partial charge >= 0.3 is 5.97 Å². The highest BCUT2D eigenvalue weighted by Gasteiger charge is 2.23. The molecule has 0 aliphatic carbocycles. The lowest BCUT2D eigenvalue weighted by atomic mass is 10.1. The van der Waals surface area contributed by atoms with Gasteiger partial charge in [-0.05, 0) is 0 Å². The van der Waals surface area contributed by atoms with Crippen LogP contribution in [0.2, 0.25) is 0 Å². The van der Waals surface area contributed by atoms with Crippen molar-refractivity contribution in [3.8, 4) is 11.3 Å². The zero-order valence-corrected chi connectivity index (χ0v) is 11.6. The molecule has 0 saturated carbocycles. The van der Waals surface area contributed by atoms with Crippen molar-refractivity contribution in [2.75, 3.05) is 5.32 Å². The number of hydrogen-bond donors (Lipinski definition) is 2. The average molecular weight is 301 g/mol. The van der Waals surface area contributed by atoms with E-state index in [1.807, 2.05) is 23.6 Å². The van der Waals surface area contributed by atoms with E-state index in [-0.39, 0.29) is 17.1 Å². The number of aromatic nitrogens is 2. The fourth-order valence-electron chi connectivity index (χ4n) is 1.89. The molecular weight excluding hydrogens is 290 g/mol. The molecule has 0 aliphatic rings. The van der Waals surface area contributed by atoms with Crippen molar-refractivity contribution >= 4 is 23.1 Å². The van der Waals surface area contributed by atoms with Crippen LogP contribution in [0.1, 0.15) is 16.1 Å². The Morgan fingerprint density at radius 2 is 2.14 bits per heavy atom. The minimum Gasteiger partial charge on any atom is -0.477 e. The molecule has 7 heteroatoms.